The second-order valence-electron chi connectivity index (χ2n) is 7.77. The zero-order chi connectivity index (χ0) is 20.5. The van der Waals surface area contributed by atoms with Gasteiger partial charge in [-0.25, -0.2) is 4.79 Å². The van der Waals surface area contributed by atoms with Crippen LogP contribution in [0.5, 0.6) is 5.75 Å². The van der Waals surface area contributed by atoms with Crippen molar-refractivity contribution in [2.75, 3.05) is 20.2 Å². The van der Waals surface area contributed by atoms with Crippen LogP contribution < -0.4 is 4.74 Å². The van der Waals surface area contributed by atoms with E-state index in [1.165, 1.54) is 6.20 Å². The highest BCUT2D eigenvalue weighted by Gasteiger charge is 2.36. The molecule has 3 rings (SSSR count). The average Bonchev–Trinajstić information content (AvgIpc) is 3.09. The molecule has 2 heterocycles. The largest absolute Gasteiger partial charge is 0.497 e. The van der Waals surface area contributed by atoms with Crippen molar-refractivity contribution in [2.45, 2.75) is 45.1 Å². The van der Waals surface area contributed by atoms with Crippen molar-refractivity contribution in [3.8, 4) is 5.75 Å². The van der Waals surface area contributed by atoms with E-state index in [1.807, 2.05) is 43.0 Å². The third-order valence-electron chi connectivity index (χ3n) is 5.72. The van der Waals surface area contributed by atoms with Gasteiger partial charge in [-0.05, 0) is 51.3 Å². The first kappa shape index (κ1) is 19.9. The monoisotopic (exact) mass is 385 g/mol. The van der Waals surface area contributed by atoms with Gasteiger partial charge >= 0.3 is 5.97 Å². The molecule has 0 radical (unpaired) electrons. The number of amides is 1. The van der Waals surface area contributed by atoms with Crippen molar-refractivity contribution >= 4 is 11.9 Å². The van der Waals surface area contributed by atoms with Crippen LogP contribution in [0.25, 0.3) is 0 Å². The van der Waals surface area contributed by atoms with E-state index >= 15 is 0 Å². The van der Waals surface area contributed by atoms with Crippen LogP contribution in [0.3, 0.4) is 0 Å². The first-order chi connectivity index (χ1) is 13.3. The Morgan fingerprint density at radius 2 is 1.79 bits per heavy atom. The van der Waals surface area contributed by atoms with Crippen LogP contribution in [-0.2, 0) is 10.2 Å². The Balaban J connectivity index is 1.68. The summed E-state index contributed by atoms with van der Waals surface area (Å²) in [6, 6.07) is 7.73. The van der Waals surface area contributed by atoms with Crippen LogP contribution in [-0.4, -0.2) is 51.9 Å². The number of piperidine rings is 1. The molecule has 0 atom stereocenters. The summed E-state index contributed by atoms with van der Waals surface area (Å²) in [7, 11) is 1.62. The number of nitrogens with zero attached hydrogens (tertiary/aromatic N) is 3. The molecule has 0 saturated carbocycles. The Kier molecular flexibility index (Phi) is 5.45. The first-order valence-electron chi connectivity index (χ1n) is 9.47. The van der Waals surface area contributed by atoms with Gasteiger partial charge in [0, 0.05) is 13.1 Å². The molecule has 1 saturated heterocycles. The molecule has 0 unspecified atom stereocenters. The quantitative estimate of drug-likeness (QED) is 0.855. The van der Waals surface area contributed by atoms with E-state index in [-0.39, 0.29) is 17.5 Å². The lowest BCUT2D eigenvalue weighted by Gasteiger charge is -2.37. The molecule has 1 fully saturated rings. The van der Waals surface area contributed by atoms with Gasteiger partial charge in [-0.2, -0.15) is 5.10 Å². The van der Waals surface area contributed by atoms with Crippen LogP contribution in [0.1, 0.15) is 54.3 Å². The van der Waals surface area contributed by atoms with Gasteiger partial charge in [-0.3, -0.25) is 9.48 Å². The van der Waals surface area contributed by atoms with Gasteiger partial charge in [-0.15, -0.1) is 0 Å². The molecular formula is C21H27N3O4. The number of likely N-dealkylation sites (tertiary alicyclic amines) is 1. The van der Waals surface area contributed by atoms with Crippen molar-refractivity contribution in [3.05, 3.63) is 47.3 Å². The summed E-state index contributed by atoms with van der Waals surface area (Å²) in [6.07, 6.45) is 2.92. The molecule has 0 aliphatic carbocycles. The third-order valence-corrected chi connectivity index (χ3v) is 5.72. The van der Waals surface area contributed by atoms with Crippen LogP contribution in [0.15, 0.2) is 30.5 Å². The minimum absolute atomic E-state index is 0.0968. The van der Waals surface area contributed by atoms with E-state index in [0.29, 0.717) is 18.8 Å². The van der Waals surface area contributed by atoms with E-state index in [4.69, 9.17) is 4.74 Å². The standard InChI is InChI=1S/C21H27N3O4/c1-14-18(19(25)26)13-22-24(14)16-9-11-23(12-10-16)20(27)21(2,3)15-5-7-17(28-4)8-6-15/h5-8,13,16H,9-12H2,1-4H3,(H,25,26). The van der Waals surface area contributed by atoms with Crippen molar-refractivity contribution in [3.63, 3.8) is 0 Å². The van der Waals surface area contributed by atoms with Crippen molar-refractivity contribution in [1.82, 2.24) is 14.7 Å². The molecule has 28 heavy (non-hydrogen) atoms. The van der Waals surface area contributed by atoms with Crippen LogP contribution in [0.2, 0.25) is 0 Å². The summed E-state index contributed by atoms with van der Waals surface area (Å²) < 4.78 is 6.99. The highest BCUT2D eigenvalue weighted by atomic mass is 16.5. The molecule has 1 N–H and O–H groups in total. The zero-order valence-electron chi connectivity index (χ0n) is 16.8. The third kappa shape index (κ3) is 3.61. The summed E-state index contributed by atoms with van der Waals surface area (Å²) in [5.74, 6) is -0.0970. The number of benzene rings is 1. The summed E-state index contributed by atoms with van der Waals surface area (Å²) in [6.45, 7) is 6.93. The second-order valence-corrected chi connectivity index (χ2v) is 7.77. The smallest absolute Gasteiger partial charge is 0.339 e. The van der Waals surface area contributed by atoms with Crippen molar-refractivity contribution in [2.24, 2.45) is 0 Å². The summed E-state index contributed by atoms with van der Waals surface area (Å²) in [5.41, 5.74) is 1.22. The van der Waals surface area contributed by atoms with Gasteiger partial charge in [0.15, 0.2) is 0 Å². The number of carboxylic acids is 1. The minimum Gasteiger partial charge on any atom is -0.497 e. The van der Waals surface area contributed by atoms with Gasteiger partial charge in [-0.1, -0.05) is 12.1 Å². The lowest BCUT2D eigenvalue weighted by atomic mass is 9.82. The number of aromatic carboxylic acids is 1. The minimum atomic E-state index is -0.961. The highest BCUT2D eigenvalue weighted by Crippen LogP contribution is 2.31. The fourth-order valence-corrected chi connectivity index (χ4v) is 3.84. The molecule has 1 aromatic carbocycles. The predicted molar refractivity (Wildman–Crippen MR) is 105 cm³/mol. The average molecular weight is 385 g/mol. The lowest BCUT2D eigenvalue weighted by molar-refractivity contribution is -0.137. The van der Waals surface area contributed by atoms with Crippen molar-refractivity contribution in [1.29, 1.82) is 0 Å². The van der Waals surface area contributed by atoms with E-state index in [0.717, 1.165) is 24.2 Å². The van der Waals surface area contributed by atoms with Gasteiger partial charge in [0.1, 0.15) is 11.3 Å². The zero-order valence-corrected chi connectivity index (χ0v) is 16.8. The Hall–Kier alpha value is -2.83. The number of methoxy groups -OCH3 is 1. The first-order valence-corrected chi connectivity index (χ1v) is 9.47. The predicted octanol–water partition coefficient (Wildman–Crippen LogP) is 3.04. The fourth-order valence-electron chi connectivity index (χ4n) is 3.84. The number of carbonyl (C=O) groups is 2. The maximum absolute atomic E-state index is 13.2. The highest BCUT2D eigenvalue weighted by molar-refractivity contribution is 5.88. The summed E-state index contributed by atoms with van der Waals surface area (Å²) >= 11 is 0. The molecule has 7 heteroatoms. The number of rotatable bonds is 5. The summed E-state index contributed by atoms with van der Waals surface area (Å²) in [4.78, 5) is 26.3. The van der Waals surface area contributed by atoms with Crippen LogP contribution in [0, 0.1) is 6.92 Å². The van der Waals surface area contributed by atoms with E-state index in [9.17, 15) is 14.7 Å². The fraction of sp³-hybridized carbons (Fsp3) is 0.476. The molecule has 1 aromatic heterocycles. The van der Waals surface area contributed by atoms with E-state index < -0.39 is 11.4 Å². The number of hydrogen-bond acceptors (Lipinski definition) is 4. The van der Waals surface area contributed by atoms with Gasteiger partial charge < -0.3 is 14.7 Å². The Labute approximate surface area is 164 Å². The molecule has 1 aliphatic heterocycles. The Morgan fingerprint density at radius 1 is 1.18 bits per heavy atom. The molecule has 7 nitrogen and oxygen atoms in total. The number of hydrogen-bond donors (Lipinski definition) is 1. The molecule has 0 bridgehead atoms. The molecule has 150 valence electrons. The van der Waals surface area contributed by atoms with Gasteiger partial charge in [0.05, 0.1) is 30.5 Å². The maximum Gasteiger partial charge on any atom is 0.339 e. The molecule has 0 spiro atoms. The second kappa shape index (κ2) is 7.66. The SMILES string of the molecule is COc1ccc(C(C)(C)C(=O)N2CCC(n3ncc(C(=O)O)c3C)CC2)cc1. The molecular weight excluding hydrogens is 358 g/mol. The van der Waals surface area contributed by atoms with Crippen molar-refractivity contribution < 1.29 is 19.4 Å². The number of aromatic nitrogens is 2. The number of carboxylic acid groups (broad SMARTS) is 1. The van der Waals surface area contributed by atoms with Crippen LogP contribution >= 0.6 is 0 Å². The summed E-state index contributed by atoms with van der Waals surface area (Å²) in [5, 5.41) is 13.5. The molecule has 2 aromatic rings. The van der Waals surface area contributed by atoms with E-state index in [1.54, 1.807) is 18.7 Å². The molecule has 1 amide bonds. The normalized spacial score (nSPS) is 15.5. The maximum atomic E-state index is 13.2. The Morgan fingerprint density at radius 3 is 2.29 bits per heavy atom. The lowest BCUT2D eigenvalue weighted by Crippen LogP contribution is -2.47. The Bertz CT molecular complexity index is 862. The van der Waals surface area contributed by atoms with Crippen LogP contribution in [0.4, 0.5) is 0 Å². The number of carbonyl (C=O) groups excluding carboxylic acids is 1. The topological polar surface area (TPSA) is 84.7 Å². The van der Waals surface area contributed by atoms with Gasteiger partial charge in [0.2, 0.25) is 5.91 Å². The van der Waals surface area contributed by atoms with E-state index in [2.05, 4.69) is 5.10 Å². The number of ether oxygens (including phenoxy) is 1. The molecule has 1 aliphatic rings. The van der Waals surface area contributed by atoms with Gasteiger partial charge in [0.25, 0.3) is 0 Å².